The second-order valence-electron chi connectivity index (χ2n) is 6.58. The topological polar surface area (TPSA) is 59.4 Å². The molecule has 0 atom stereocenters. The molecule has 4 nitrogen and oxygen atoms in total. The summed E-state index contributed by atoms with van der Waals surface area (Å²) in [5.74, 6) is -1.01. The van der Waals surface area contributed by atoms with Crippen LogP contribution in [-0.4, -0.2) is 28.4 Å². The van der Waals surface area contributed by atoms with E-state index in [0.29, 0.717) is 41.7 Å². The maximum atomic E-state index is 14.5. The van der Waals surface area contributed by atoms with Crippen LogP contribution in [-0.2, 0) is 4.79 Å². The van der Waals surface area contributed by atoms with Crippen LogP contribution in [0, 0.1) is 17.6 Å². The minimum absolute atomic E-state index is 0.0221. The fourth-order valence-corrected chi connectivity index (χ4v) is 3.72. The first kappa shape index (κ1) is 19.6. The van der Waals surface area contributed by atoms with Crippen LogP contribution in [0.4, 0.5) is 8.78 Å². The molecule has 1 aliphatic carbocycles. The first-order valence-electron chi connectivity index (χ1n) is 8.96. The van der Waals surface area contributed by atoms with Gasteiger partial charge in [-0.3, -0.25) is 4.79 Å². The summed E-state index contributed by atoms with van der Waals surface area (Å²) in [6.07, 6.45) is 5.41. The van der Waals surface area contributed by atoms with Crippen molar-refractivity contribution in [3.8, 4) is 17.0 Å². The smallest absolute Gasteiger partial charge is 0.303 e. The summed E-state index contributed by atoms with van der Waals surface area (Å²) < 4.78 is 34.7. The summed E-state index contributed by atoms with van der Waals surface area (Å²) in [6, 6.07) is 5.98. The zero-order valence-electron chi connectivity index (χ0n) is 14.8. The molecule has 1 heterocycles. The molecule has 1 aliphatic rings. The molecular weight excluding hydrogens is 372 g/mol. The number of hydrogen-bond donors (Lipinski definition) is 1. The monoisotopic (exact) mass is 393 g/mol. The number of carbonyl (C=O) groups is 1. The highest BCUT2D eigenvalue weighted by atomic mass is 32.2. The van der Waals surface area contributed by atoms with Gasteiger partial charge in [0.05, 0.1) is 11.5 Å². The SMILES string of the molecule is O=C(O)CCCSc1c(F)cc(-c2cccnc2OCC2CCC2)cc1F. The predicted octanol–water partition coefficient (Wildman–Crippen LogP) is 5.16. The predicted molar refractivity (Wildman–Crippen MR) is 100 cm³/mol. The molecular formula is C20H21F2NO3S. The minimum Gasteiger partial charge on any atom is -0.481 e. The van der Waals surface area contributed by atoms with Crippen LogP contribution in [0.2, 0.25) is 0 Å². The molecule has 0 aliphatic heterocycles. The molecule has 0 unspecified atom stereocenters. The fourth-order valence-electron chi connectivity index (χ4n) is 2.83. The largest absolute Gasteiger partial charge is 0.481 e. The molecule has 7 heteroatoms. The molecule has 1 saturated carbocycles. The number of carboxylic acids is 1. The Kier molecular flexibility index (Phi) is 6.66. The number of carboxylic acid groups (broad SMARTS) is 1. The van der Waals surface area contributed by atoms with Gasteiger partial charge < -0.3 is 9.84 Å². The molecule has 1 fully saturated rings. The quantitative estimate of drug-likeness (QED) is 0.471. The van der Waals surface area contributed by atoms with E-state index in [1.165, 1.54) is 18.6 Å². The number of ether oxygens (including phenoxy) is 1. The highest BCUT2D eigenvalue weighted by Crippen LogP contribution is 2.35. The second kappa shape index (κ2) is 9.17. The van der Waals surface area contributed by atoms with Crippen molar-refractivity contribution in [2.75, 3.05) is 12.4 Å². The van der Waals surface area contributed by atoms with Crippen LogP contribution < -0.4 is 4.74 Å². The second-order valence-corrected chi connectivity index (χ2v) is 7.68. The number of rotatable bonds is 9. The van der Waals surface area contributed by atoms with E-state index in [1.54, 1.807) is 18.3 Å². The molecule has 1 aromatic carbocycles. The van der Waals surface area contributed by atoms with E-state index in [-0.39, 0.29) is 11.3 Å². The number of hydrogen-bond acceptors (Lipinski definition) is 4. The van der Waals surface area contributed by atoms with Crippen LogP contribution >= 0.6 is 11.8 Å². The number of halogens is 2. The number of thioether (sulfide) groups is 1. The third kappa shape index (κ3) is 5.19. The lowest BCUT2D eigenvalue weighted by molar-refractivity contribution is -0.137. The maximum absolute atomic E-state index is 14.5. The van der Waals surface area contributed by atoms with Crippen molar-refractivity contribution >= 4 is 17.7 Å². The Hall–Kier alpha value is -2.15. The van der Waals surface area contributed by atoms with Crippen molar-refractivity contribution in [1.29, 1.82) is 0 Å². The van der Waals surface area contributed by atoms with Gasteiger partial charge in [-0.15, -0.1) is 11.8 Å². The number of aromatic nitrogens is 1. The Bertz CT molecular complexity index is 789. The van der Waals surface area contributed by atoms with Crippen LogP contribution in [0.3, 0.4) is 0 Å². The van der Waals surface area contributed by atoms with Crippen molar-refractivity contribution in [3.05, 3.63) is 42.1 Å². The Morgan fingerprint density at radius 1 is 1.30 bits per heavy atom. The first-order chi connectivity index (χ1) is 13.0. The van der Waals surface area contributed by atoms with Crippen LogP contribution in [0.1, 0.15) is 32.1 Å². The molecule has 0 spiro atoms. The Labute approximate surface area is 161 Å². The number of nitrogens with zero attached hydrogens (tertiary/aromatic N) is 1. The number of benzene rings is 1. The molecule has 2 aromatic rings. The molecule has 0 saturated heterocycles. The Morgan fingerprint density at radius 2 is 2.04 bits per heavy atom. The van der Waals surface area contributed by atoms with Crippen LogP contribution in [0.15, 0.2) is 35.4 Å². The maximum Gasteiger partial charge on any atom is 0.303 e. The summed E-state index contributed by atoms with van der Waals surface area (Å²) >= 11 is 0.988. The minimum atomic E-state index is -0.919. The molecule has 27 heavy (non-hydrogen) atoms. The van der Waals surface area contributed by atoms with E-state index in [0.717, 1.165) is 24.6 Å². The van der Waals surface area contributed by atoms with E-state index in [1.807, 2.05) is 0 Å². The van der Waals surface area contributed by atoms with Crippen LogP contribution in [0.25, 0.3) is 11.1 Å². The molecule has 1 aromatic heterocycles. The standard InChI is InChI=1S/C20H21F2NO3S/c21-16-10-14(11-17(22)19(16)27-9-3-7-18(24)25)15-6-2-8-23-20(15)26-12-13-4-1-5-13/h2,6,8,10-11,13H,1,3-5,7,9,12H2,(H,24,25). The van der Waals surface area contributed by atoms with E-state index < -0.39 is 17.6 Å². The lowest BCUT2D eigenvalue weighted by atomic mass is 9.86. The highest BCUT2D eigenvalue weighted by Gasteiger charge is 2.20. The van der Waals surface area contributed by atoms with Gasteiger partial charge >= 0.3 is 5.97 Å². The van der Waals surface area contributed by atoms with Gasteiger partial charge in [0.2, 0.25) is 5.88 Å². The third-order valence-corrected chi connectivity index (χ3v) is 5.71. The molecule has 0 bridgehead atoms. The summed E-state index contributed by atoms with van der Waals surface area (Å²) in [6.45, 7) is 0.562. The van der Waals surface area contributed by atoms with Crippen molar-refractivity contribution < 1.29 is 23.4 Å². The van der Waals surface area contributed by atoms with Gasteiger partial charge in [-0.25, -0.2) is 13.8 Å². The van der Waals surface area contributed by atoms with Crippen molar-refractivity contribution in [3.63, 3.8) is 0 Å². The summed E-state index contributed by atoms with van der Waals surface area (Å²) in [5, 5.41) is 8.63. The zero-order chi connectivity index (χ0) is 19.2. The summed E-state index contributed by atoms with van der Waals surface area (Å²) in [5.41, 5.74) is 0.925. The normalized spacial score (nSPS) is 14.0. The lowest BCUT2D eigenvalue weighted by Crippen LogP contribution is -2.19. The van der Waals surface area contributed by atoms with Gasteiger partial charge in [0.1, 0.15) is 11.6 Å². The van der Waals surface area contributed by atoms with E-state index in [4.69, 9.17) is 9.84 Å². The van der Waals surface area contributed by atoms with Gasteiger partial charge in [-0.2, -0.15) is 0 Å². The highest BCUT2D eigenvalue weighted by molar-refractivity contribution is 7.99. The van der Waals surface area contributed by atoms with Gasteiger partial charge in [0, 0.05) is 18.2 Å². The molecule has 0 amide bonds. The molecule has 144 valence electrons. The summed E-state index contributed by atoms with van der Waals surface area (Å²) in [4.78, 5) is 14.6. The van der Waals surface area contributed by atoms with E-state index in [9.17, 15) is 13.6 Å². The zero-order valence-corrected chi connectivity index (χ0v) is 15.6. The molecule has 3 rings (SSSR count). The Morgan fingerprint density at radius 3 is 2.67 bits per heavy atom. The van der Waals surface area contributed by atoms with E-state index >= 15 is 0 Å². The van der Waals surface area contributed by atoms with Crippen molar-refractivity contribution in [2.24, 2.45) is 5.92 Å². The van der Waals surface area contributed by atoms with Gasteiger partial charge in [0.25, 0.3) is 0 Å². The lowest BCUT2D eigenvalue weighted by Gasteiger charge is -2.25. The van der Waals surface area contributed by atoms with Gasteiger partial charge in [0.15, 0.2) is 0 Å². The number of aliphatic carboxylic acids is 1. The third-order valence-electron chi connectivity index (χ3n) is 4.54. The average molecular weight is 393 g/mol. The van der Waals surface area contributed by atoms with Gasteiger partial charge in [-0.05, 0) is 60.8 Å². The fraction of sp³-hybridized carbons (Fsp3) is 0.400. The van der Waals surface area contributed by atoms with Crippen molar-refractivity contribution in [1.82, 2.24) is 4.98 Å². The van der Waals surface area contributed by atoms with Gasteiger partial charge in [-0.1, -0.05) is 6.42 Å². The van der Waals surface area contributed by atoms with Crippen LogP contribution in [0.5, 0.6) is 5.88 Å². The Balaban J connectivity index is 1.74. The van der Waals surface area contributed by atoms with E-state index in [2.05, 4.69) is 4.98 Å². The average Bonchev–Trinajstić information content (AvgIpc) is 2.59. The number of pyridine rings is 1. The first-order valence-corrected chi connectivity index (χ1v) is 9.95. The molecule has 0 radical (unpaired) electrons. The summed E-state index contributed by atoms with van der Waals surface area (Å²) in [7, 11) is 0. The molecule has 1 N–H and O–H groups in total. The van der Waals surface area contributed by atoms with Crippen molar-refractivity contribution in [2.45, 2.75) is 37.0 Å².